The summed E-state index contributed by atoms with van der Waals surface area (Å²) in [6.45, 7) is 4.79. The summed E-state index contributed by atoms with van der Waals surface area (Å²) in [4.78, 5) is 29.5. The molecule has 0 saturated heterocycles. The van der Waals surface area contributed by atoms with E-state index in [0.717, 1.165) is 5.52 Å². The lowest BCUT2D eigenvalue weighted by Gasteiger charge is -2.10. The van der Waals surface area contributed by atoms with Gasteiger partial charge in [-0.2, -0.15) is 0 Å². The summed E-state index contributed by atoms with van der Waals surface area (Å²) >= 11 is 1.35. The molecule has 1 aromatic heterocycles. The molecule has 0 unspecified atom stereocenters. The van der Waals surface area contributed by atoms with E-state index in [0.29, 0.717) is 46.5 Å². The minimum atomic E-state index is -0.375. The van der Waals surface area contributed by atoms with Crippen LogP contribution in [-0.2, 0) is 11.3 Å². The van der Waals surface area contributed by atoms with Crippen LogP contribution in [0.15, 0.2) is 41.6 Å². The Morgan fingerprint density at radius 2 is 1.87 bits per heavy atom. The summed E-state index contributed by atoms with van der Waals surface area (Å²) in [6, 6.07) is 10.5. The summed E-state index contributed by atoms with van der Waals surface area (Å²) in [6.07, 6.45) is 0. The van der Waals surface area contributed by atoms with E-state index < -0.39 is 0 Å². The molecule has 0 fully saturated rings. The largest absolute Gasteiger partial charge is 0.497 e. The van der Waals surface area contributed by atoms with Gasteiger partial charge in [-0.05, 0) is 50.2 Å². The zero-order valence-electron chi connectivity index (χ0n) is 17.4. The monoisotopic (exact) mass is 428 g/mol. The zero-order chi connectivity index (χ0) is 21.7. The molecule has 0 aliphatic heterocycles. The highest BCUT2D eigenvalue weighted by molar-refractivity contribution is 7.99. The first-order valence-electron chi connectivity index (χ1n) is 9.57. The lowest BCUT2D eigenvalue weighted by atomic mass is 10.1. The summed E-state index contributed by atoms with van der Waals surface area (Å²) in [5, 5.41) is 0.712. The van der Waals surface area contributed by atoms with Crippen molar-refractivity contribution in [2.24, 2.45) is 0 Å². The minimum absolute atomic E-state index is 0.0855. The molecule has 0 atom stereocenters. The second-order valence-electron chi connectivity index (χ2n) is 6.34. The van der Waals surface area contributed by atoms with Gasteiger partial charge in [0.25, 0.3) is 0 Å². The van der Waals surface area contributed by atoms with Crippen LogP contribution in [0.25, 0.3) is 11.0 Å². The average molecular weight is 429 g/mol. The van der Waals surface area contributed by atoms with Gasteiger partial charge in [-0.3, -0.25) is 4.79 Å². The van der Waals surface area contributed by atoms with Crippen molar-refractivity contribution in [3.05, 3.63) is 47.5 Å². The standard InChI is InChI=1S/C22H24N2O5S/c1-5-24-18-9-7-14(21(26)29-6-2)11-17(18)23-22(24)30-13-19(25)16-12-15(27-3)8-10-20(16)28-4/h7-12H,5-6,13H2,1-4H3. The van der Waals surface area contributed by atoms with Crippen LogP contribution < -0.4 is 9.47 Å². The highest BCUT2D eigenvalue weighted by Crippen LogP contribution is 2.29. The molecular weight excluding hydrogens is 404 g/mol. The maximum absolute atomic E-state index is 12.8. The van der Waals surface area contributed by atoms with Crippen molar-refractivity contribution in [1.82, 2.24) is 9.55 Å². The van der Waals surface area contributed by atoms with Crippen molar-refractivity contribution in [2.45, 2.75) is 25.5 Å². The Hall–Kier alpha value is -3.00. The van der Waals surface area contributed by atoms with E-state index in [1.165, 1.54) is 18.9 Å². The molecule has 2 aromatic carbocycles. The van der Waals surface area contributed by atoms with Crippen LogP contribution in [0.5, 0.6) is 11.5 Å². The SMILES string of the molecule is CCOC(=O)c1ccc2c(c1)nc(SCC(=O)c1cc(OC)ccc1OC)n2CC. The van der Waals surface area contributed by atoms with E-state index in [9.17, 15) is 9.59 Å². The molecule has 0 spiro atoms. The number of carbonyl (C=O) groups excluding carboxylic acids is 2. The number of Topliss-reactive ketones (excluding diaryl/α,β-unsaturated/α-hetero) is 1. The number of thioether (sulfide) groups is 1. The number of benzene rings is 2. The summed E-state index contributed by atoms with van der Waals surface area (Å²) in [7, 11) is 3.09. The molecule has 0 aliphatic carbocycles. The molecule has 3 rings (SSSR count). The van der Waals surface area contributed by atoms with Crippen molar-refractivity contribution in [1.29, 1.82) is 0 Å². The molecule has 0 saturated carbocycles. The lowest BCUT2D eigenvalue weighted by Crippen LogP contribution is -2.07. The van der Waals surface area contributed by atoms with Crippen molar-refractivity contribution in [3.63, 3.8) is 0 Å². The molecule has 0 amide bonds. The van der Waals surface area contributed by atoms with Crippen LogP contribution in [0, 0.1) is 0 Å². The molecule has 0 aliphatic rings. The number of esters is 1. The number of imidazole rings is 1. The van der Waals surface area contributed by atoms with E-state index in [1.54, 1.807) is 44.4 Å². The van der Waals surface area contributed by atoms with Gasteiger partial charge in [0.1, 0.15) is 11.5 Å². The van der Waals surface area contributed by atoms with E-state index in [2.05, 4.69) is 4.98 Å². The predicted molar refractivity (Wildman–Crippen MR) is 116 cm³/mol. The summed E-state index contributed by atoms with van der Waals surface area (Å²) in [5.74, 6) is 0.830. The first-order valence-corrected chi connectivity index (χ1v) is 10.6. The van der Waals surface area contributed by atoms with Gasteiger partial charge >= 0.3 is 5.97 Å². The van der Waals surface area contributed by atoms with E-state index >= 15 is 0 Å². The summed E-state index contributed by atoms with van der Waals surface area (Å²) < 4.78 is 17.6. The van der Waals surface area contributed by atoms with Gasteiger partial charge in [0.2, 0.25) is 0 Å². The number of aromatic nitrogens is 2. The third-order valence-corrected chi connectivity index (χ3v) is 5.56. The van der Waals surface area contributed by atoms with Crippen molar-refractivity contribution in [3.8, 4) is 11.5 Å². The van der Waals surface area contributed by atoms with Crippen molar-refractivity contribution < 1.29 is 23.8 Å². The Bertz CT molecular complexity index is 1080. The van der Waals surface area contributed by atoms with Crippen molar-refractivity contribution >= 4 is 34.5 Å². The predicted octanol–water partition coefficient (Wildman–Crippen LogP) is 4.23. The van der Waals surface area contributed by atoms with Crippen LogP contribution in [0.4, 0.5) is 0 Å². The molecule has 7 nitrogen and oxygen atoms in total. The number of hydrogen-bond donors (Lipinski definition) is 0. The van der Waals surface area contributed by atoms with Crippen LogP contribution in [0.1, 0.15) is 34.6 Å². The number of aryl methyl sites for hydroxylation is 1. The molecule has 0 radical (unpaired) electrons. The number of fused-ring (bicyclic) bond motifs is 1. The number of methoxy groups -OCH3 is 2. The van der Waals surface area contributed by atoms with Crippen LogP contribution >= 0.6 is 11.8 Å². The van der Waals surface area contributed by atoms with Gasteiger partial charge in [0.15, 0.2) is 10.9 Å². The van der Waals surface area contributed by atoms with E-state index in [-0.39, 0.29) is 17.5 Å². The summed E-state index contributed by atoms with van der Waals surface area (Å²) in [5.41, 5.74) is 2.52. The first-order chi connectivity index (χ1) is 14.5. The molecule has 158 valence electrons. The Labute approximate surface area is 179 Å². The Kier molecular flexibility index (Phi) is 6.99. The second kappa shape index (κ2) is 9.67. The van der Waals surface area contributed by atoms with Crippen LogP contribution in [-0.4, -0.2) is 47.9 Å². The van der Waals surface area contributed by atoms with E-state index in [1.807, 2.05) is 17.6 Å². The molecule has 3 aromatic rings. The third-order valence-electron chi connectivity index (χ3n) is 4.58. The average Bonchev–Trinajstić information content (AvgIpc) is 3.13. The van der Waals surface area contributed by atoms with E-state index in [4.69, 9.17) is 14.2 Å². The second-order valence-corrected chi connectivity index (χ2v) is 7.28. The number of nitrogens with zero attached hydrogens (tertiary/aromatic N) is 2. The lowest BCUT2D eigenvalue weighted by molar-refractivity contribution is 0.0526. The number of hydrogen-bond acceptors (Lipinski definition) is 7. The molecule has 0 bridgehead atoms. The zero-order valence-corrected chi connectivity index (χ0v) is 18.2. The molecule has 0 N–H and O–H groups in total. The van der Waals surface area contributed by atoms with Gasteiger partial charge < -0.3 is 18.8 Å². The van der Waals surface area contributed by atoms with Gasteiger partial charge in [0.05, 0.1) is 48.7 Å². The van der Waals surface area contributed by atoms with Crippen LogP contribution in [0.2, 0.25) is 0 Å². The fourth-order valence-corrected chi connectivity index (χ4v) is 4.07. The number of ether oxygens (including phenoxy) is 3. The number of carbonyl (C=O) groups is 2. The van der Waals surface area contributed by atoms with Gasteiger partial charge in [0, 0.05) is 6.54 Å². The first kappa shape index (κ1) is 21.7. The molecular formula is C22H24N2O5S. The fraction of sp³-hybridized carbons (Fsp3) is 0.318. The normalized spacial score (nSPS) is 10.8. The fourth-order valence-electron chi connectivity index (χ4n) is 3.10. The number of ketones is 1. The Balaban J connectivity index is 1.85. The maximum atomic E-state index is 12.8. The number of rotatable bonds is 9. The van der Waals surface area contributed by atoms with Crippen LogP contribution in [0.3, 0.4) is 0 Å². The van der Waals surface area contributed by atoms with Gasteiger partial charge in [-0.1, -0.05) is 11.8 Å². The molecule has 30 heavy (non-hydrogen) atoms. The third kappa shape index (κ3) is 4.43. The highest BCUT2D eigenvalue weighted by Gasteiger charge is 2.18. The quantitative estimate of drug-likeness (QED) is 0.287. The van der Waals surface area contributed by atoms with Gasteiger partial charge in [-0.15, -0.1) is 0 Å². The van der Waals surface area contributed by atoms with Crippen molar-refractivity contribution in [2.75, 3.05) is 26.6 Å². The topological polar surface area (TPSA) is 79.7 Å². The Morgan fingerprint density at radius 3 is 2.53 bits per heavy atom. The minimum Gasteiger partial charge on any atom is -0.497 e. The maximum Gasteiger partial charge on any atom is 0.338 e. The smallest absolute Gasteiger partial charge is 0.338 e. The Morgan fingerprint density at radius 1 is 1.07 bits per heavy atom. The van der Waals surface area contributed by atoms with Gasteiger partial charge in [-0.25, -0.2) is 9.78 Å². The molecule has 8 heteroatoms. The highest BCUT2D eigenvalue weighted by atomic mass is 32.2. The molecule has 1 heterocycles.